The van der Waals surface area contributed by atoms with Crippen molar-refractivity contribution >= 4 is 11.8 Å². The summed E-state index contributed by atoms with van der Waals surface area (Å²) in [5.41, 5.74) is 5.98. The van der Waals surface area contributed by atoms with Crippen LogP contribution in [0.5, 0.6) is 0 Å². The molecule has 0 unspecified atom stereocenters. The Morgan fingerprint density at radius 1 is 1.17 bits per heavy atom. The zero-order valence-corrected chi connectivity index (χ0v) is 13.1. The molecule has 0 bridgehead atoms. The van der Waals surface area contributed by atoms with Crippen LogP contribution in [0.1, 0.15) is 42.6 Å². The fourth-order valence-corrected chi connectivity index (χ4v) is 3.08. The molecule has 0 saturated heterocycles. The highest BCUT2D eigenvalue weighted by molar-refractivity contribution is 5.98. The van der Waals surface area contributed by atoms with E-state index < -0.39 is 17.4 Å². The second-order valence-electron chi connectivity index (χ2n) is 6.13. The van der Waals surface area contributed by atoms with E-state index in [4.69, 9.17) is 5.73 Å². The summed E-state index contributed by atoms with van der Waals surface area (Å²) in [5, 5.41) is 9.51. The number of halogens is 1. The van der Waals surface area contributed by atoms with Crippen LogP contribution in [0.15, 0.2) is 30.3 Å². The molecule has 0 aliphatic heterocycles. The topological polar surface area (TPSA) is 101 Å². The maximum absolute atomic E-state index is 13.0. The molecule has 1 fully saturated rings. The lowest BCUT2D eigenvalue weighted by molar-refractivity contribution is -0.125. The molecule has 4 N–H and O–H groups in total. The minimum atomic E-state index is -0.990. The van der Waals surface area contributed by atoms with E-state index in [0.29, 0.717) is 24.1 Å². The summed E-state index contributed by atoms with van der Waals surface area (Å²) in [6, 6.07) is 7.39. The molecule has 1 heterocycles. The smallest absolute Gasteiger partial charge is 0.270 e. The summed E-state index contributed by atoms with van der Waals surface area (Å²) < 4.78 is 13.0. The van der Waals surface area contributed by atoms with Gasteiger partial charge in [0.2, 0.25) is 5.91 Å². The number of carbonyl (C=O) groups is 2. The van der Waals surface area contributed by atoms with E-state index in [-0.39, 0.29) is 11.5 Å². The van der Waals surface area contributed by atoms with Crippen LogP contribution in [0.3, 0.4) is 0 Å². The average Bonchev–Trinajstić information content (AvgIpc) is 3.06. The molecule has 0 spiro atoms. The third-order valence-electron chi connectivity index (χ3n) is 4.49. The van der Waals surface area contributed by atoms with Gasteiger partial charge in [0, 0.05) is 5.56 Å². The molecule has 7 heteroatoms. The predicted octanol–water partition coefficient (Wildman–Crippen LogP) is 2.13. The molecule has 126 valence electrons. The Balaban J connectivity index is 1.78. The third kappa shape index (κ3) is 3.15. The van der Waals surface area contributed by atoms with Gasteiger partial charge in [0.25, 0.3) is 5.91 Å². The van der Waals surface area contributed by atoms with Crippen molar-refractivity contribution in [3.05, 3.63) is 41.8 Å². The Morgan fingerprint density at radius 2 is 1.83 bits per heavy atom. The Kier molecular flexibility index (Phi) is 4.33. The van der Waals surface area contributed by atoms with E-state index in [1.807, 2.05) is 0 Å². The largest absolute Gasteiger partial charge is 0.368 e. The Labute approximate surface area is 138 Å². The molecular weight excluding hydrogens is 311 g/mol. The van der Waals surface area contributed by atoms with Crippen molar-refractivity contribution in [2.45, 2.75) is 37.6 Å². The van der Waals surface area contributed by atoms with Crippen LogP contribution in [0, 0.1) is 5.82 Å². The highest BCUT2D eigenvalue weighted by Gasteiger charge is 2.39. The van der Waals surface area contributed by atoms with Gasteiger partial charge in [0.1, 0.15) is 17.1 Å². The van der Waals surface area contributed by atoms with Gasteiger partial charge < -0.3 is 11.1 Å². The standard InChI is InChI=1S/C17H19FN4O2/c18-12-6-4-11(5-7-12)13-10-14(22-21-13)15(23)20-17(16(19)24)8-2-1-3-9-17/h4-7,10H,1-3,8-9H2,(H2,19,24)(H,20,23)(H,21,22). The van der Waals surface area contributed by atoms with Crippen molar-refractivity contribution in [2.24, 2.45) is 5.73 Å². The number of amides is 2. The highest BCUT2D eigenvalue weighted by Crippen LogP contribution is 2.28. The number of aromatic nitrogens is 2. The second-order valence-corrected chi connectivity index (χ2v) is 6.13. The van der Waals surface area contributed by atoms with Gasteiger partial charge in [0.15, 0.2) is 0 Å². The number of hydrogen-bond donors (Lipinski definition) is 3. The Bertz CT molecular complexity index is 748. The molecule has 24 heavy (non-hydrogen) atoms. The molecule has 1 aromatic heterocycles. The van der Waals surface area contributed by atoms with Crippen molar-refractivity contribution in [3.8, 4) is 11.3 Å². The number of primary amides is 1. The molecule has 2 aromatic rings. The van der Waals surface area contributed by atoms with Crippen molar-refractivity contribution in [1.29, 1.82) is 0 Å². The van der Waals surface area contributed by atoms with Crippen molar-refractivity contribution in [1.82, 2.24) is 15.5 Å². The van der Waals surface area contributed by atoms with Gasteiger partial charge in [-0.05, 0) is 43.2 Å². The van der Waals surface area contributed by atoms with Crippen LogP contribution in [0.4, 0.5) is 4.39 Å². The van der Waals surface area contributed by atoms with Crippen LogP contribution < -0.4 is 11.1 Å². The first-order chi connectivity index (χ1) is 11.5. The molecule has 1 aromatic carbocycles. The maximum Gasteiger partial charge on any atom is 0.270 e. The molecule has 6 nitrogen and oxygen atoms in total. The van der Waals surface area contributed by atoms with Crippen molar-refractivity contribution < 1.29 is 14.0 Å². The van der Waals surface area contributed by atoms with Gasteiger partial charge in [-0.2, -0.15) is 5.10 Å². The van der Waals surface area contributed by atoms with Gasteiger partial charge in [-0.15, -0.1) is 0 Å². The first kappa shape index (κ1) is 16.2. The lowest BCUT2D eigenvalue weighted by atomic mass is 9.81. The Hall–Kier alpha value is -2.70. The van der Waals surface area contributed by atoms with E-state index in [1.165, 1.54) is 12.1 Å². The quantitative estimate of drug-likeness (QED) is 0.800. The zero-order chi connectivity index (χ0) is 17.2. The first-order valence-electron chi connectivity index (χ1n) is 7.94. The van der Waals surface area contributed by atoms with E-state index in [1.54, 1.807) is 18.2 Å². The maximum atomic E-state index is 13.0. The molecule has 3 rings (SSSR count). The normalized spacial score (nSPS) is 16.5. The lowest BCUT2D eigenvalue weighted by Crippen LogP contribution is -2.58. The minimum Gasteiger partial charge on any atom is -0.368 e. The van der Waals surface area contributed by atoms with E-state index in [9.17, 15) is 14.0 Å². The average molecular weight is 330 g/mol. The van der Waals surface area contributed by atoms with Gasteiger partial charge in [0.05, 0.1) is 5.69 Å². The van der Waals surface area contributed by atoms with Crippen LogP contribution in [-0.4, -0.2) is 27.6 Å². The fraction of sp³-hybridized carbons (Fsp3) is 0.353. The number of hydrogen-bond acceptors (Lipinski definition) is 3. The zero-order valence-electron chi connectivity index (χ0n) is 13.1. The van der Waals surface area contributed by atoms with Gasteiger partial charge >= 0.3 is 0 Å². The number of rotatable bonds is 4. The van der Waals surface area contributed by atoms with Gasteiger partial charge in [-0.25, -0.2) is 4.39 Å². The predicted molar refractivity (Wildman–Crippen MR) is 86.5 cm³/mol. The molecule has 1 aliphatic rings. The number of nitrogens with zero attached hydrogens (tertiary/aromatic N) is 1. The first-order valence-corrected chi connectivity index (χ1v) is 7.94. The molecule has 0 radical (unpaired) electrons. The van der Waals surface area contributed by atoms with Crippen LogP contribution in [0.25, 0.3) is 11.3 Å². The molecule has 0 atom stereocenters. The summed E-state index contributed by atoms with van der Waals surface area (Å²) in [5.74, 6) is -1.27. The summed E-state index contributed by atoms with van der Waals surface area (Å²) in [6.07, 6.45) is 3.84. The number of H-pyrrole nitrogens is 1. The summed E-state index contributed by atoms with van der Waals surface area (Å²) in [6.45, 7) is 0. The number of aromatic amines is 1. The molecule has 1 saturated carbocycles. The van der Waals surface area contributed by atoms with Crippen LogP contribution >= 0.6 is 0 Å². The highest BCUT2D eigenvalue weighted by atomic mass is 19.1. The van der Waals surface area contributed by atoms with Crippen LogP contribution in [-0.2, 0) is 4.79 Å². The molecular formula is C17H19FN4O2. The lowest BCUT2D eigenvalue weighted by Gasteiger charge is -2.34. The number of nitrogens with two attached hydrogens (primary N) is 1. The van der Waals surface area contributed by atoms with Gasteiger partial charge in [-0.1, -0.05) is 19.3 Å². The van der Waals surface area contributed by atoms with E-state index in [0.717, 1.165) is 19.3 Å². The van der Waals surface area contributed by atoms with Crippen molar-refractivity contribution in [2.75, 3.05) is 0 Å². The number of nitrogens with one attached hydrogen (secondary N) is 2. The summed E-state index contributed by atoms with van der Waals surface area (Å²) in [4.78, 5) is 24.3. The SMILES string of the molecule is NC(=O)C1(NC(=O)c2cc(-c3ccc(F)cc3)n[nH]2)CCCCC1. The fourth-order valence-electron chi connectivity index (χ4n) is 3.08. The number of benzene rings is 1. The molecule has 1 aliphatic carbocycles. The minimum absolute atomic E-state index is 0.237. The molecule has 2 amide bonds. The van der Waals surface area contributed by atoms with Crippen molar-refractivity contribution in [3.63, 3.8) is 0 Å². The van der Waals surface area contributed by atoms with E-state index in [2.05, 4.69) is 15.5 Å². The third-order valence-corrected chi connectivity index (χ3v) is 4.49. The van der Waals surface area contributed by atoms with E-state index >= 15 is 0 Å². The summed E-state index contributed by atoms with van der Waals surface area (Å²) in [7, 11) is 0. The van der Waals surface area contributed by atoms with Gasteiger partial charge in [-0.3, -0.25) is 14.7 Å². The monoisotopic (exact) mass is 330 g/mol. The summed E-state index contributed by atoms with van der Waals surface area (Å²) >= 11 is 0. The number of carbonyl (C=O) groups excluding carboxylic acids is 2. The van der Waals surface area contributed by atoms with Crippen LogP contribution in [0.2, 0.25) is 0 Å². The second kappa shape index (κ2) is 6.43. The Morgan fingerprint density at radius 3 is 2.46 bits per heavy atom.